The van der Waals surface area contributed by atoms with E-state index in [1.165, 1.54) is 12.1 Å². The maximum atomic E-state index is 12.6. The number of aromatic nitrogens is 1. The Balaban J connectivity index is 1.47. The molecular formula is C21H27F3N6. The molecule has 0 amide bonds. The van der Waals surface area contributed by atoms with Gasteiger partial charge < -0.3 is 20.4 Å². The Bertz CT molecular complexity index is 825. The first-order valence-corrected chi connectivity index (χ1v) is 9.84. The lowest BCUT2D eigenvalue weighted by molar-refractivity contribution is -0.137. The molecule has 1 aliphatic rings. The summed E-state index contributed by atoms with van der Waals surface area (Å²) >= 11 is 0. The lowest BCUT2D eigenvalue weighted by Crippen LogP contribution is -2.44. The highest BCUT2D eigenvalue weighted by Crippen LogP contribution is 2.29. The molecule has 2 N–H and O–H groups in total. The normalized spacial score (nSPS) is 15.9. The van der Waals surface area contributed by atoms with Crippen molar-refractivity contribution in [1.82, 2.24) is 20.5 Å². The maximum absolute atomic E-state index is 12.6. The van der Waals surface area contributed by atoms with E-state index in [1.54, 1.807) is 7.05 Å². The molecule has 2 aromatic rings. The number of rotatable bonds is 5. The van der Waals surface area contributed by atoms with Gasteiger partial charge in [-0.2, -0.15) is 13.2 Å². The van der Waals surface area contributed by atoms with Crippen LogP contribution in [-0.4, -0.2) is 56.1 Å². The minimum absolute atomic E-state index is 0.373. The summed E-state index contributed by atoms with van der Waals surface area (Å²) in [5, 5.41) is 6.30. The lowest BCUT2D eigenvalue weighted by Gasteiger charge is -2.33. The molecule has 1 fully saturated rings. The van der Waals surface area contributed by atoms with Crippen LogP contribution in [0.3, 0.4) is 0 Å². The van der Waals surface area contributed by atoms with E-state index in [1.807, 2.05) is 18.3 Å². The number of anilines is 1. The summed E-state index contributed by atoms with van der Waals surface area (Å²) in [6.07, 6.45) is -2.47. The van der Waals surface area contributed by atoms with Crippen molar-refractivity contribution in [3.63, 3.8) is 0 Å². The molecule has 162 valence electrons. The van der Waals surface area contributed by atoms with Crippen LogP contribution in [0.5, 0.6) is 0 Å². The molecule has 1 saturated heterocycles. The van der Waals surface area contributed by atoms with Crippen LogP contribution in [0.15, 0.2) is 47.6 Å². The highest BCUT2D eigenvalue weighted by Gasteiger charge is 2.29. The fraction of sp³-hybridized carbons (Fsp3) is 0.429. The second-order valence-corrected chi connectivity index (χ2v) is 7.29. The Labute approximate surface area is 174 Å². The molecular weight excluding hydrogens is 393 g/mol. The third-order valence-corrected chi connectivity index (χ3v) is 5.06. The van der Waals surface area contributed by atoms with Crippen molar-refractivity contribution in [2.24, 2.45) is 4.99 Å². The van der Waals surface area contributed by atoms with Crippen molar-refractivity contribution in [2.75, 3.05) is 45.2 Å². The number of nitrogens with one attached hydrogen (secondary N) is 2. The van der Waals surface area contributed by atoms with Crippen LogP contribution < -0.4 is 15.5 Å². The Hall–Kier alpha value is -2.81. The maximum Gasteiger partial charge on any atom is 0.416 e. The first-order chi connectivity index (χ1) is 14.3. The minimum atomic E-state index is -4.32. The van der Waals surface area contributed by atoms with Crippen LogP contribution in [0.4, 0.5) is 19.0 Å². The third kappa shape index (κ3) is 6.09. The quantitative estimate of drug-likeness (QED) is 0.576. The topological polar surface area (TPSA) is 55.8 Å². The Morgan fingerprint density at radius 3 is 2.10 bits per heavy atom. The van der Waals surface area contributed by atoms with Gasteiger partial charge in [0.2, 0.25) is 0 Å². The summed E-state index contributed by atoms with van der Waals surface area (Å²) in [4.78, 5) is 13.3. The SMILES string of the molecule is CN=C(NCc1ccc(C(F)(F)F)cc1)NCc1ccc(N2CCN(C)CC2)nc1. The Morgan fingerprint density at radius 1 is 0.967 bits per heavy atom. The van der Waals surface area contributed by atoms with Crippen molar-refractivity contribution < 1.29 is 13.2 Å². The molecule has 0 aliphatic carbocycles. The highest BCUT2D eigenvalue weighted by atomic mass is 19.4. The molecule has 6 nitrogen and oxygen atoms in total. The third-order valence-electron chi connectivity index (χ3n) is 5.06. The van der Waals surface area contributed by atoms with Gasteiger partial charge in [0.1, 0.15) is 5.82 Å². The number of halogens is 3. The molecule has 0 saturated carbocycles. The van der Waals surface area contributed by atoms with Gasteiger partial charge in [-0.3, -0.25) is 4.99 Å². The van der Waals surface area contributed by atoms with Crippen molar-refractivity contribution >= 4 is 11.8 Å². The molecule has 0 radical (unpaired) electrons. The van der Waals surface area contributed by atoms with Crippen molar-refractivity contribution in [1.29, 1.82) is 0 Å². The second-order valence-electron chi connectivity index (χ2n) is 7.29. The molecule has 30 heavy (non-hydrogen) atoms. The summed E-state index contributed by atoms with van der Waals surface area (Å²) in [6, 6.07) is 9.16. The van der Waals surface area contributed by atoms with E-state index in [9.17, 15) is 13.2 Å². The summed E-state index contributed by atoms with van der Waals surface area (Å²) in [7, 11) is 3.77. The fourth-order valence-corrected chi connectivity index (χ4v) is 3.15. The minimum Gasteiger partial charge on any atom is -0.354 e. The Kier molecular flexibility index (Phi) is 7.15. The molecule has 0 atom stereocenters. The van der Waals surface area contributed by atoms with Crippen molar-refractivity contribution in [3.8, 4) is 0 Å². The highest BCUT2D eigenvalue weighted by molar-refractivity contribution is 5.79. The fourth-order valence-electron chi connectivity index (χ4n) is 3.15. The second kappa shape index (κ2) is 9.80. The zero-order valence-electron chi connectivity index (χ0n) is 17.2. The number of guanidine groups is 1. The molecule has 3 rings (SSSR count). The number of aliphatic imine (C=N–C) groups is 1. The van der Waals surface area contributed by atoms with Crippen LogP contribution in [-0.2, 0) is 19.3 Å². The van der Waals surface area contributed by atoms with Crippen molar-refractivity contribution in [2.45, 2.75) is 19.3 Å². The molecule has 9 heteroatoms. The van der Waals surface area contributed by atoms with E-state index < -0.39 is 11.7 Å². The van der Waals surface area contributed by atoms with Crippen LogP contribution in [0.1, 0.15) is 16.7 Å². The van der Waals surface area contributed by atoms with E-state index in [2.05, 4.69) is 37.5 Å². The monoisotopic (exact) mass is 420 g/mol. The van der Waals surface area contributed by atoms with Gasteiger partial charge in [-0.15, -0.1) is 0 Å². The molecule has 1 aromatic carbocycles. The van der Waals surface area contributed by atoms with E-state index in [0.717, 1.165) is 55.3 Å². The first kappa shape index (κ1) is 21.9. The van der Waals surface area contributed by atoms with Gasteiger partial charge >= 0.3 is 6.18 Å². The number of benzene rings is 1. The van der Waals surface area contributed by atoms with Gasteiger partial charge in [-0.25, -0.2) is 4.98 Å². The van der Waals surface area contributed by atoms with Crippen LogP contribution in [0.2, 0.25) is 0 Å². The number of piperazine rings is 1. The molecule has 0 bridgehead atoms. The van der Waals surface area contributed by atoms with E-state index in [0.29, 0.717) is 19.0 Å². The summed E-state index contributed by atoms with van der Waals surface area (Å²) < 4.78 is 37.9. The zero-order chi connectivity index (χ0) is 21.6. The first-order valence-electron chi connectivity index (χ1n) is 9.84. The number of hydrogen-bond acceptors (Lipinski definition) is 4. The predicted octanol–water partition coefficient (Wildman–Crippen LogP) is 2.72. The molecule has 0 spiro atoms. The molecule has 1 aliphatic heterocycles. The average Bonchev–Trinajstić information content (AvgIpc) is 2.74. The molecule has 0 unspecified atom stereocenters. The average molecular weight is 420 g/mol. The number of nitrogens with zero attached hydrogens (tertiary/aromatic N) is 4. The van der Waals surface area contributed by atoms with Gasteiger partial charge in [0.25, 0.3) is 0 Å². The smallest absolute Gasteiger partial charge is 0.354 e. The molecule has 1 aromatic heterocycles. The molecule has 2 heterocycles. The number of likely N-dealkylation sites (N-methyl/N-ethyl adjacent to an activating group) is 1. The van der Waals surface area contributed by atoms with Gasteiger partial charge in [0, 0.05) is 52.5 Å². The van der Waals surface area contributed by atoms with Crippen LogP contribution in [0.25, 0.3) is 0 Å². The zero-order valence-corrected chi connectivity index (χ0v) is 17.2. The van der Waals surface area contributed by atoms with Crippen LogP contribution in [0, 0.1) is 0 Å². The van der Waals surface area contributed by atoms with Gasteiger partial charge in [-0.05, 0) is 36.4 Å². The predicted molar refractivity (Wildman–Crippen MR) is 112 cm³/mol. The standard InChI is InChI=1S/C21H27F3N6/c1-25-20(27-13-16-3-6-18(7-4-16)21(22,23)24)28-15-17-5-8-19(26-14-17)30-11-9-29(2)10-12-30/h3-8,14H,9-13,15H2,1-2H3,(H2,25,27,28). The summed E-state index contributed by atoms with van der Waals surface area (Å²) in [5.74, 6) is 1.55. The van der Waals surface area contributed by atoms with E-state index in [4.69, 9.17) is 0 Å². The summed E-state index contributed by atoms with van der Waals surface area (Å²) in [5.41, 5.74) is 1.11. The van der Waals surface area contributed by atoms with Gasteiger partial charge in [0.05, 0.1) is 5.56 Å². The van der Waals surface area contributed by atoms with Gasteiger partial charge in [0.15, 0.2) is 5.96 Å². The number of alkyl halides is 3. The summed E-state index contributed by atoms with van der Waals surface area (Å²) in [6.45, 7) is 4.93. The van der Waals surface area contributed by atoms with Crippen molar-refractivity contribution in [3.05, 3.63) is 59.3 Å². The van der Waals surface area contributed by atoms with E-state index in [-0.39, 0.29) is 0 Å². The number of pyridine rings is 1. The van der Waals surface area contributed by atoms with Crippen LogP contribution >= 0.6 is 0 Å². The Morgan fingerprint density at radius 2 is 1.57 bits per heavy atom. The number of hydrogen-bond donors (Lipinski definition) is 2. The van der Waals surface area contributed by atoms with E-state index >= 15 is 0 Å². The lowest BCUT2D eigenvalue weighted by atomic mass is 10.1. The van der Waals surface area contributed by atoms with Gasteiger partial charge in [-0.1, -0.05) is 18.2 Å². The largest absolute Gasteiger partial charge is 0.416 e.